The predicted octanol–water partition coefficient (Wildman–Crippen LogP) is 4.06. The molecule has 34 heavy (non-hydrogen) atoms. The van der Waals surface area contributed by atoms with Gasteiger partial charge >= 0.3 is 0 Å². The van der Waals surface area contributed by atoms with E-state index in [1.165, 1.54) is 6.92 Å². The van der Waals surface area contributed by atoms with Gasteiger partial charge in [-0.05, 0) is 60.7 Å². The Morgan fingerprint density at radius 3 is 2.44 bits per heavy atom. The van der Waals surface area contributed by atoms with Gasteiger partial charge in [-0.1, -0.05) is 49.7 Å². The zero-order valence-electron chi connectivity index (χ0n) is 20.0. The first-order valence-electron chi connectivity index (χ1n) is 11.1. The second-order valence-electron chi connectivity index (χ2n) is 8.03. The molecular weight excluding hydrogens is 476 g/mol. The predicted molar refractivity (Wildman–Crippen MR) is 137 cm³/mol. The van der Waals surface area contributed by atoms with Crippen LogP contribution in [0.1, 0.15) is 31.9 Å². The Morgan fingerprint density at radius 2 is 1.82 bits per heavy atom. The van der Waals surface area contributed by atoms with Crippen molar-refractivity contribution in [2.45, 2.75) is 33.2 Å². The van der Waals surface area contributed by atoms with E-state index >= 15 is 0 Å². The molecule has 0 spiro atoms. The number of hydrogen-bond acceptors (Lipinski definition) is 5. The second-order valence-corrected chi connectivity index (χ2v) is 10.5. The fourth-order valence-electron chi connectivity index (χ4n) is 3.09. The average Bonchev–Trinajstić information content (AvgIpc) is 2.81. The van der Waals surface area contributed by atoms with E-state index in [-0.39, 0.29) is 17.6 Å². The van der Waals surface area contributed by atoms with E-state index < -0.39 is 16.1 Å². The van der Waals surface area contributed by atoms with Crippen LogP contribution >= 0.6 is 11.6 Å². The molecule has 7 nitrogen and oxygen atoms in total. The van der Waals surface area contributed by atoms with E-state index in [0.717, 1.165) is 11.1 Å². The quantitative estimate of drug-likeness (QED) is 0.425. The van der Waals surface area contributed by atoms with Gasteiger partial charge in [0.15, 0.2) is 11.5 Å². The Labute approximate surface area is 207 Å². The molecule has 2 aromatic rings. The Bertz CT molecular complexity index is 1070. The molecule has 0 aliphatic carbocycles. The Morgan fingerprint density at radius 1 is 1.12 bits per heavy atom. The lowest BCUT2D eigenvalue weighted by Crippen LogP contribution is -2.50. The summed E-state index contributed by atoms with van der Waals surface area (Å²) in [4.78, 5) is 12.5. The van der Waals surface area contributed by atoms with Crippen molar-refractivity contribution in [3.8, 4) is 11.5 Å². The van der Waals surface area contributed by atoms with E-state index in [1.54, 1.807) is 21.0 Å². The minimum Gasteiger partial charge on any atom is -0.493 e. The van der Waals surface area contributed by atoms with Crippen molar-refractivity contribution in [2.24, 2.45) is 5.92 Å². The molecule has 0 bridgehead atoms. The van der Waals surface area contributed by atoms with Crippen molar-refractivity contribution >= 4 is 33.6 Å². The lowest BCUT2D eigenvalue weighted by atomic mass is 10.0. The van der Waals surface area contributed by atoms with Gasteiger partial charge in [-0.3, -0.25) is 4.79 Å². The van der Waals surface area contributed by atoms with Gasteiger partial charge in [0, 0.05) is 11.6 Å². The maximum atomic E-state index is 12.5. The second kappa shape index (κ2) is 13.4. The number of methoxy groups -OCH3 is 1. The minimum atomic E-state index is -3.48. The van der Waals surface area contributed by atoms with Gasteiger partial charge in [0.05, 0.1) is 12.9 Å². The largest absolute Gasteiger partial charge is 0.493 e. The van der Waals surface area contributed by atoms with Crippen LogP contribution in [0.5, 0.6) is 11.5 Å². The summed E-state index contributed by atoms with van der Waals surface area (Å²) in [6, 6.07) is 12.3. The lowest BCUT2D eigenvalue weighted by molar-refractivity contribution is -0.123. The minimum absolute atomic E-state index is 0.0748. The monoisotopic (exact) mass is 508 g/mol. The van der Waals surface area contributed by atoms with Crippen molar-refractivity contribution in [3.63, 3.8) is 0 Å². The van der Waals surface area contributed by atoms with E-state index in [4.69, 9.17) is 21.1 Å². The molecule has 9 heteroatoms. The van der Waals surface area contributed by atoms with Crippen LogP contribution in [-0.2, 0) is 21.2 Å². The number of amides is 1. The van der Waals surface area contributed by atoms with Gasteiger partial charge in [-0.2, -0.15) is 0 Å². The SMILES string of the molecule is CCS(=O)(=O)NC(C(=O)NCCc1ccc(OCC=Cc2ccc(Cl)cc2)c(OC)c1)C(C)C. The van der Waals surface area contributed by atoms with Crippen molar-refractivity contribution in [2.75, 3.05) is 26.0 Å². The molecule has 1 amide bonds. The third kappa shape index (κ3) is 9.00. The summed E-state index contributed by atoms with van der Waals surface area (Å²) in [5, 5.41) is 3.51. The first kappa shape index (κ1) is 27.7. The smallest absolute Gasteiger partial charge is 0.238 e. The molecule has 0 fully saturated rings. The number of hydrogen-bond donors (Lipinski definition) is 2. The summed E-state index contributed by atoms with van der Waals surface area (Å²) >= 11 is 5.89. The molecule has 186 valence electrons. The normalized spacial score (nSPS) is 12.6. The van der Waals surface area contributed by atoms with Crippen LogP contribution in [0.25, 0.3) is 6.08 Å². The number of ether oxygens (including phenoxy) is 2. The number of carbonyl (C=O) groups is 1. The van der Waals surface area contributed by atoms with Gasteiger partial charge in [0.25, 0.3) is 0 Å². The number of sulfonamides is 1. The number of carbonyl (C=O) groups excluding carboxylic acids is 1. The van der Waals surface area contributed by atoms with E-state index in [0.29, 0.717) is 36.1 Å². The first-order valence-corrected chi connectivity index (χ1v) is 13.2. The van der Waals surface area contributed by atoms with Crippen LogP contribution < -0.4 is 19.5 Å². The van der Waals surface area contributed by atoms with Crippen LogP contribution in [-0.4, -0.2) is 46.4 Å². The maximum absolute atomic E-state index is 12.5. The lowest BCUT2D eigenvalue weighted by Gasteiger charge is -2.21. The molecule has 0 radical (unpaired) electrons. The Kier molecular flexibility index (Phi) is 10.9. The summed E-state index contributed by atoms with van der Waals surface area (Å²) in [7, 11) is -1.90. The Hall–Kier alpha value is -2.55. The summed E-state index contributed by atoms with van der Waals surface area (Å²) in [6.07, 6.45) is 4.42. The van der Waals surface area contributed by atoms with Gasteiger partial charge in [-0.15, -0.1) is 0 Å². The van der Waals surface area contributed by atoms with Crippen LogP contribution in [0, 0.1) is 5.92 Å². The van der Waals surface area contributed by atoms with Crippen molar-refractivity contribution in [3.05, 3.63) is 64.7 Å². The summed E-state index contributed by atoms with van der Waals surface area (Å²) in [5.41, 5.74) is 1.98. The molecule has 2 rings (SSSR count). The standard InChI is InChI=1S/C25H33ClN2O5S/c1-5-34(30,31)28-24(18(2)3)25(29)27-15-14-20-10-13-22(23(17-20)32-4)33-16-6-7-19-8-11-21(26)12-9-19/h6-13,17-18,24,28H,5,14-16H2,1-4H3,(H,27,29). The van der Waals surface area contributed by atoms with Gasteiger partial charge in [-0.25, -0.2) is 13.1 Å². The Balaban J connectivity index is 1.89. The number of nitrogens with one attached hydrogen (secondary N) is 2. The molecule has 0 aromatic heterocycles. The van der Waals surface area contributed by atoms with Gasteiger partial charge in [0.1, 0.15) is 12.6 Å². The summed E-state index contributed by atoms with van der Waals surface area (Å²) in [5.74, 6) is 0.622. The van der Waals surface area contributed by atoms with Crippen LogP contribution in [0.15, 0.2) is 48.5 Å². The zero-order valence-corrected chi connectivity index (χ0v) is 21.6. The van der Waals surface area contributed by atoms with Gasteiger partial charge < -0.3 is 14.8 Å². The molecular formula is C25H33ClN2O5S. The molecule has 2 N–H and O–H groups in total. The highest BCUT2D eigenvalue weighted by Gasteiger charge is 2.26. The van der Waals surface area contributed by atoms with E-state index in [9.17, 15) is 13.2 Å². The van der Waals surface area contributed by atoms with Crippen LogP contribution in [0.3, 0.4) is 0 Å². The molecule has 1 unspecified atom stereocenters. The molecule has 0 saturated carbocycles. The van der Waals surface area contributed by atoms with Crippen molar-refractivity contribution in [1.82, 2.24) is 10.0 Å². The maximum Gasteiger partial charge on any atom is 0.238 e. The fourth-order valence-corrected chi connectivity index (χ4v) is 4.15. The van der Waals surface area contributed by atoms with Crippen LogP contribution in [0.2, 0.25) is 5.02 Å². The third-order valence-electron chi connectivity index (χ3n) is 5.09. The zero-order chi connectivity index (χ0) is 25.1. The molecule has 0 aliphatic heterocycles. The van der Waals surface area contributed by atoms with E-state index in [1.807, 2.05) is 54.6 Å². The van der Waals surface area contributed by atoms with Gasteiger partial charge in [0.2, 0.25) is 15.9 Å². The summed E-state index contributed by atoms with van der Waals surface area (Å²) in [6.45, 7) is 5.88. The molecule has 1 atom stereocenters. The number of rotatable bonds is 13. The molecule has 0 saturated heterocycles. The first-order chi connectivity index (χ1) is 16.1. The highest BCUT2D eigenvalue weighted by molar-refractivity contribution is 7.89. The van der Waals surface area contributed by atoms with E-state index in [2.05, 4.69) is 10.0 Å². The highest BCUT2D eigenvalue weighted by Crippen LogP contribution is 2.28. The van der Waals surface area contributed by atoms with Crippen LogP contribution in [0.4, 0.5) is 0 Å². The molecule has 0 heterocycles. The molecule has 2 aromatic carbocycles. The highest BCUT2D eigenvalue weighted by atomic mass is 35.5. The fraction of sp³-hybridized carbons (Fsp3) is 0.400. The topological polar surface area (TPSA) is 93.7 Å². The molecule has 0 aliphatic rings. The average molecular weight is 509 g/mol. The third-order valence-corrected chi connectivity index (χ3v) is 6.72. The number of halogens is 1. The summed E-state index contributed by atoms with van der Waals surface area (Å²) < 4.78 is 37.5. The number of benzene rings is 2. The van der Waals surface area contributed by atoms with Crippen molar-refractivity contribution < 1.29 is 22.7 Å². The van der Waals surface area contributed by atoms with Crippen molar-refractivity contribution in [1.29, 1.82) is 0 Å².